The Morgan fingerprint density at radius 3 is 2.83 bits per heavy atom. The molecule has 5 atom stereocenters. The highest BCUT2D eigenvalue weighted by molar-refractivity contribution is 5.34. The molecule has 3 nitrogen and oxygen atoms in total. The molecule has 1 aromatic carbocycles. The van der Waals surface area contributed by atoms with Crippen LogP contribution in [0.3, 0.4) is 0 Å². The Morgan fingerprint density at radius 1 is 1.33 bits per heavy atom. The van der Waals surface area contributed by atoms with Crippen molar-refractivity contribution in [3.8, 4) is 0 Å². The van der Waals surface area contributed by atoms with Crippen LogP contribution in [-0.2, 0) is 4.74 Å². The predicted octanol–water partition coefficient (Wildman–Crippen LogP) is 2.06. The Hall–Kier alpha value is -0.900. The molecule has 2 heterocycles. The van der Waals surface area contributed by atoms with Gasteiger partial charge in [0.15, 0.2) is 0 Å². The summed E-state index contributed by atoms with van der Waals surface area (Å²) in [5, 5.41) is 13.1. The van der Waals surface area contributed by atoms with Gasteiger partial charge in [0.05, 0.1) is 12.1 Å². The lowest BCUT2D eigenvalue weighted by Crippen LogP contribution is -2.65. The van der Waals surface area contributed by atoms with Crippen LogP contribution < -0.4 is 5.32 Å². The van der Waals surface area contributed by atoms with E-state index < -0.39 is 6.23 Å². The third kappa shape index (κ3) is 1.87. The topological polar surface area (TPSA) is 41.5 Å². The van der Waals surface area contributed by atoms with Crippen molar-refractivity contribution in [3.63, 3.8) is 0 Å². The molecule has 0 saturated carbocycles. The van der Waals surface area contributed by atoms with Crippen LogP contribution in [0.15, 0.2) is 18.2 Å². The zero-order chi connectivity index (χ0) is 12.9. The fourth-order valence-corrected chi connectivity index (χ4v) is 3.28. The highest BCUT2D eigenvalue weighted by atomic mass is 16.5. The number of aliphatic hydroxyl groups is 1. The van der Waals surface area contributed by atoms with Gasteiger partial charge in [-0.05, 0) is 37.3 Å². The molecule has 2 saturated heterocycles. The molecule has 2 aliphatic rings. The van der Waals surface area contributed by atoms with E-state index in [2.05, 4.69) is 44.3 Å². The molecule has 3 heteroatoms. The summed E-state index contributed by atoms with van der Waals surface area (Å²) < 4.78 is 6.04. The Kier molecular flexibility index (Phi) is 2.93. The SMILES string of the molecule is Cc1ccc(C2OC3C(C)CC(O)NC23)c(C)c1. The summed E-state index contributed by atoms with van der Waals surface area (Å²) in [6.07, 6.45) is 0.728. The van der Waals surface area contributed by atoms with Crippen molar-refractivity contribution in [2.24, 2.45) is 5.92 Å². The molecular weight excluding hydrogens is 226 g/mol. The molecule has 98 valence electrons. The number of aliphatic hydroxyl groups excluding tert-OH is 1. The van der Waals surface area contributed by atoms with Gasteiger partial charge in [0, 0.05) is 0 Å². The molecule has 0 amide bonds. The Labute approximate surface area is 108 Å². The van der Waals surface area contributed by atoms with Crippen LogP contribution in [0.25, 0.3) is 0 Å². The minimum absolute atomic E-state index is 0.0907. The molecule has 5 unspecified atom stereocenters. The second-order valence-electron chi connectivity index (χ2n) is 5.80. The summed E-state index contributed by atoms with van der Waals surface area (Å²) in [6.45, 7) is 6.38. The fourth-order valence-electron chi connectivity index (χ4n) is 3.28. The van der Waals surface area contributed by atoms with E-state index in [-0.39, 0.29) is 18.2 Å². The Balaban J connectivity index is 1.83. The molecule has 2 fully saturated rings. The van der Waals surface area contributed by atoms with Crippen LogP contribution >= 0.6 is 0 Å². The number of piperidine rings is 1. The lowest BCUT2D eigenvalue weighted by Gasteiger charge is -2.52. The molecule has 2 N–H and O–H groups in total. The van der Waals surface area contributed by atoms with E-state index in [0.717, 1.165) is 6.42 Å². The Morgan fingerprint density at radius 2 is 2.11 bits per heavy atom. The van der Waals surface area contributed by atoms with Gasteiger partial charge in [-0.2, -0.15) is 0 Å². The van der Waals surface area contributed by atoms with Gasteiger partial charge in [0.25, 0.3) is 0 Å². The second-order valence-corrected chi connectivity index (χ2v) is 5.80. The van der Waals surface area contributed by atoms with Crippen molar-refractivity contribution in [3.05, 3.63) is 34.9 Å². The molecular formula is C15H21NO2. The number of ether oxygens (including phenoxy) is 1. The van der Waals surface area contributed by atoms with Crippen LogP contribution in [0.2, 0.25) is 0 Å². The first kappa shape index (κ1) is 12.2. The molecule has 0 aromatic heterocycles. The van der Waals surface area contributed by atoms with Gasteiger partial charge in [0.1, 0.15) is 12.3 Å². The van der Waals surface area contributed by atoms with Gasteiger partial charge >= 0.3 is 0 Å². The fraction of sp³-hybridized carbons (Fsp3) is 0.600. The average Bonchev–Trinajstić information content (AvgIpc) is 2.26. The second kappa shape index (κ2) is 4.34. The minimum atomic E-state index is -0.390. The van der Waals surface area contributed by atoms with Crippen molar-refractivity contribution in [1.29, 1.82) is 0 Å². The number of hydrogen-bond donors (Lipinski definition) is 2. The van der Waals surface area contributed by atoms with Crippen LogP contribution in [0.5, 0.6) is 0 Å². The van der Waals surface area contributed by atoms with Crippen LogP contribution in [-0.4, -0.2) is 23.5 Å². The van der Waals surface area contributed by atoms with Gasteiger partial charge in [-0.3, -0.25) is 5.32 Å². The summed E-state index contributed by atoms with van der Waals surface area (Å²) in [6, 6.07) is 6.72. The molecule has 1 aromatic rings. The van der Waals surface area contributed by atoms with E-state index in [9.17, 15) is 5.11 Å². The molecule has 0 radical (unpaired) electrons. The zero-order valence-electron chi connectivity index (χ0n) is 11.2. The molecule has 2 aliphatic heterocycles. The maximum absolute atomic E-state index is 9.81. The lowest BCUT2D eigenvalue weighted by atomic mass is 9.79. The van der Waals surface area contributed by atoms with Gasteiger partial charge in [0.2, 0.25) is 0 Å². The van der Waals surface area contributed by atoms with E-state index in [1.165, 1.54) is 16.7 Å². The number of nitrogens with one attached hydrogen (secondary N) is 1. The quantitative estimate of drug-likeness (QED) is 0.798. The summed E-state index contributed by atoms with van der Waals surface area (Å²) >= 11 is 0. The first-order chi connectivity index (χ1) is 8.56. The number of fused-ring (bicyclic) bond motifs is 1. The highest BCUT2D eigenvalue weighted by Gasteiger charge is 2.49. The molecule has 0 bridgehead atoms. The minimum Gasteiger partial charge on any atom is -0.379 e. The summed E-state index contributed by atoms with van der Waals surface area (Å²) in [4.78, 5) is 0. The van der Waals surface area contributed by atoms with Crippen molar-refractivity contribution in [1.82, 2.24) is 5.32 Å². The zero-order valence-corrected chi connectivity index (χ0v) is 11.2. The summed E-state index contributed by atoms with van der Waals surface area (Å²) in [5.74, 6) is 0.424. The standard InChI is InChI=1S/C15H21NO2/c1-8-4-5-11(9(2)6-8)15-13-14(18-15)10(3)7-12(17)16-13/h4-6,10,12-17H,7H2,1-3H3. The number of rotatable bonds is 1. The van der Waals surface area contributed by atoms with Crippen molar-refractivity contribution >= 4 is 0 Å². The monoisotopic (exact) mass is 247 g/mol. The number of benzene rings is 1. The molecule has 0 spiro atoms. The number of hydrogen-bond acceptors (Lipinski definition) is 3. The van der Waals surface area contributed by atoms with Crippen molar-refractivity contribution in [2.75, 3.05) is 0 Å². The first-order valence-corrected chi connectivity index (χ1v) is 6.73. The van der Waals surface area contributed by atoms with Crippen LogP contribution in [0.4, 0.5) is 0 Å². The third-order valence-electron chi connectivity index (χ3n) is 4.26. The maximum atomic E-state index is 9.81. The van der Waals surface area contributed by atoms with E-state index >= 15 is 0 Å². The van der Waals surface area contributed by atoms with Crippen LogP contribution in [0, 0.1) is 19.8 Å². The lowest BCUT2D eigenvalue weighted by molar-refractivity contribution is -0.215. The van der Waals surface area contributed by atoms with Gasteiger partial charge in [-0.15, -0.1) is 0 Å². The molecule has 0 aliphatic carbocycles. The van der Waals surface area contributed by atoms with Gasteiger partial charge in [-0.1, -0.05) is 30.7 Å². The number of aryl methyl sites for hydroxylation is 2. The normalized spacial score (nSPS) is 39.0. The smallest absolute Gasteiger partial charge is 0.105 e. The third-order valence-corrected chi connectivity index (χ3v) is 4.26. The molecule has 18 heavy (non-hydrogen) atoms. The summed E-state index contributed by atoms with van der Waals surface area (Å²) in [7, 11) is 0. The first-order valence-electron chi connectivity index (χ1n) is 6.73. The molecule has 3 rings (SSSR count). The predicted molar refractivity (Wildman–Crippen MR) is 70.2 cm³/mol. The largest absolute Gasteiger partial charge is 0.379 e. The van der Waals surface area contributed by atoms with Gasteiger partial charge in [-0.25, -0.2) is 0 Å². The van der Waals surface area contributed by atoms with Crippen molar-refractivity contribution in [2.45, 2.75) is 51.7 Å². The van der Waals surface area contributed by atoms with E-state index in [1.54, 1.807) is 0 Å². The van der Waals surface area contributed by atoms with Crippen molar-refractivity contribution < 1.29 is 9.84 Å². The van der Waals surface area contributed by atoms with E-state index in [4.69, 9.17) is 4.74 Å². The Bertz CT molecular complexity index is 460. The van der Waals surface area contributed by atoms with Gasteiger partial charge < -0.3 is 9.84 Å². The van der Waals surface area contributed by atoms with Crippen LogP contribution in [0.1, 0.15) is 36.1 Å². The average molecular weight is 247 g/mol. The maximum Gasteiger partial charge on any atom is 0.105 e. The van der Waals surface area contributed by atoms with E-state index in [1.807, 2.05) is 0 Å². The summed E-state index contributed by atoms with van der Waals surface area (Å²) in [5.41, 5.74) is 3.79. The van der Waals surface area contributed by atoms with E-state index in [0.29, 0.717) is 5.92 Å². The highest BCUT2D eigenvalue weighted by Crippen LogP contribution is 2.43.